The standard InChI is InChI=1S/C12H18BrNSi2/c1-12(2)9-15-16(3,4)14(12)11-7-5-6-10(13)8-11/h5-8H,9H2,1-4H3. The van der Waals surface area contributed by atoms with E-state index in [1.807, 2.05) is 0 Å². The summed E-state index contributed by atoms with van der Waals surface area (Å²) in [6, 6.07) is 10.1. The third-order valence-corrected chi connectivity index (χ3v) is 11.4. The van der Waals surface area contributed by atoms with Crippen LogP contribution in [0.1, 0.15) is 13.8 Å². The number of hydrogen-bond acceptors (Lipinski definition) is 1. The highest BCUT2D eigenvalue weighted by molar-refractivity contribution is 9.10. The molecule has 16 heavy (non-hydrogen) atoms. The monoisotopic (exact) mass is 311 g/mol. The molecular formula is C12H18BrNSi2. The summed E-state index contributed by atoms with van der Waals surface area (Å²) >= 11 is 3.58. The highest BCUT2D eigenvalue weighted by Crippen LogP contribution is 2.38. The van der Waals surface area contributed by atoms with Gasteiger partial charge in [-0.1, -0.05) is 35.1 Å². The quantitative estimate of drug-likeness (QED) is 0.712. The largest absolute Gasteiger partial charge is 0.396 e. The minimum Gasteiger partial charge on any atom is -0.396 e. The first kappa shape index (κ1) is 12.4. The first-order valence-corrected chi connectivity index (χ1v) is 11.6. The molecule has 0 spiro atoms. The fraction of sp³-hybridized carbons (Fsp3) is 0.500. The summed E-state index contributed by atoms with van der Waals surface area (Å²) in [6.45, 7) is 9.73. The third-order valence-electron chi connectivity index (χ3n) is 3.18. The Morgan fingerprint density at radius 1 is 1.38 bits per heavy atom. The Hall–Kier alpha value is -0.0662. The minimum atomic E-state index is -1.23. The molecule has 86 valence electrons. The lowest BCUT2D eigenvalue weighted by atomic mass is 10.1. The second kappa shape index (κ2) is 4.00. The average molecular weight is 312 g/mol. The van der Waals surface area contributed by atoms with Crippen LogP contribution in [-0.4, -0.2) is 22.3 Å². The molecule has 0 aromatic heterocycles. The van der Waals surface area contributed by atoms with Gasteiger partial charge >= 0.3 is 0 Å². The lowest BCUT2D eigenvalue weighted by Crippen LogP contribution is -2.54. The maximum absolute atomic E-state index is 3.58. The van der Waals surface area contributed by atoms with Crippen molar-refractivity contribution in [2.45, 2.75) is 38.5 Å². The lowest BCUT2D eigenvalue weighted by Gasteiger charge is -2.42. The molecule has 2 rings (SSSR count). The van der Waals surface area contributed by atoms with E-state index in [-0.39, 0.29) is 0 Å². The molecule has 1 aromatic carbocycles. The van der Waals surface area contributed by atoms with E-state index in [9.17, 15) is 0 Å². The molecule has 4 heteroatoms. The summed E-state index contributed by atoms with van der Waals surface area (Å²) in [5.74, 6) is 0. The second-order valence-electron chi connectivity index (χ2n) is 5.54. The maximum atomic E-state index is 3.58. The van der Waals surface area contributed by atoms with Gasteiger partial charge in [0.25, 0.3) is 0 Å². The van der Waals surface area contributed by atoms with Crippen LogP contribution >= 0.6 is 15.9 Å². The number of halogens is 1. The molecule has 1 fully saturated rings. The summed E-state index contributed by atoms with van der Waals surface area (Å²) in [7, 11) is -0.0896. The molecule has 1 aromatic rings. The zero-order chi connectivity index (χ0) is 12.0. The van der Waals surface area contributed by atoms with Gasteiger partial charge in [0, 0.05) is 15.7 Å². The van der Waals surface area contributed by atoms with E-state index in [0.29, 0.717) is 5.54 Å². The van der Waals surface area contributed by atoms with Crippen LogP contribution in [0.3, 0.4) is 0 Å². The Kier molecular flexibility index (Phi) is 3.10. The van der Waals surface area contributed by atoms with Gasteiger partial charge < -0.3 is 4.57 Å². The van der Waals surface area contributed by atoms with Gasteiger partial charge in [0.1, 0.15) is 7.75 Å². The van der Waals surface area contributed by atoms with Crippen LogP contribution in [0, 0.1) is 0 Å². The van der Waals surface area contributed by atoms with E-state index in [2.05, 4.69) is 71.7 Å². The molecule has 0 N–H and O–H groups in total. The van der Waals surface area contributed by atoms with Crippen molar-refractivity contribution in [1.82, 2.24) is 0 Å². The van der Waals surface area contributed by atoms with Crippen LogP contribution in [0.2, 0.25) is 19.1 Å². The van der Waals surface area contributed by atoms with Crippen LogP contribution in [-0.2, 0) is 0 Å². The molecule has 0 atom stereocenters. The number of benzene rings is 1. The Balaban J connectivity index is 2.45. The Bertz CT molecular complexity index is 388. The van der Waals surface area contributed by atoms with Crippen molar-refractivity contribution >= 4 is 38.4 Å². The smallest absolute Gasteiger partial charge is 0.134 e. The summed E-state index contributed by atoms with van der Waals surface area (Å²) < 4.78 is 3.89. The molecule has 0 aliphatic carbocycles. The topological polar surface area (TPSA) is 3.24 Å². The highest BCUT2D eigenvalue weighted by atomic mass is 79.9. The van der Waals surface area contributed by atoms with Gasteiger partial charge in [-0.3, -0.25) is 0 Å². The van der Waals surface area contributed by atoms with E-state index in [1.165, 1.54) is 16.2 Å². The molecule has 0 saturated carbocycles. The van der Waals surface area contributed by atoms with E-state index >= 15 is 0 Å². The molecule has 0 unspecified atom stereocenters. The van der Waals surface area contributed by atoms with E-state index in [4.69, 9.17) is 0 Å². The lowest BCUT2D eigenvalue weighted by molar-refractivity contribution is 0.587. The van der Waals surface area contributed by atoms with Gasteiger partial charge in [0.05, 0.1) is 9.04 Å². The molecule has 2 radical (unpaired) electrons. The number of rotatable bonds is 1. The van der Waals surface area contributed by atoms with Crippen LogP contribution in [0.4, 0.5) is 5.69 Å². The summed E-state index contributed by atoms with van der Waals surface area (Å²) in [5, 5.41) is 0. The molecule has 0 bridgehead atoms. The highest BCUT2D eigenvalue weighted by Gasteiger charge is 2.46. The van der Waals surface area contributed by atoms with Crippen LogP contribution in [0.5, 0.6) is 0 Å². The summed E-state index contributed by atoms with van der Waals surface area (Å²) in [6.07, 6.45) is 0. The fourth-order valence-electron chi connectivity index (χ4n) is 2.63. The van der Waals surface area contributed by atoms with Crippen LogP contribution in [0.25, 0.3) is 0 Å². The van der Waals surface area contributed by atoms with Crippen LogP contribution < -0.4 is 4.57 Å². The Labute approximate surface area is 110 Å². The van der Waals surface area contributed by atoms with Gasteiger partial charge in [-0.15, -0.1) is 0 Å². The minimum absolute atomic E-state index is 0.328. The zero-order valence-electron chi connectivity index (χ0n) is 10.3. The maximum Gasteiger partial charge on any atom is 0.134 e. The zero-order valence-corrected chi connectivity index (χ0v) is 13.9. The molecular weight excluding hydrogens is 294 g/mol. The van der Waals surface area contributed by atoms with E-state index in [0.717, 1.165) is 9.04 Å². The number of hydrogen-bond donors (Lipinski definition) is 0. The second-order valence-corrected chi connectivity index (χ2v) is 15.5. The molecule has 1 aliphatic rings. The first-order valence-electron chi connectivity index (χ1n) is 5.64. The van der Waals surface area contributed by atoms with Crippen molar-refractivity contribution in [2.75, 3.05) is 4.57 Å². The fourth-order valence-corrected chi connectivity index (χ4v) is 11.1. The van der Waals surface area contributed by atoms with Gasteiger partial charge in [-0.25, -0.2) is 0 Å². The Morgan fingerprint density at radius 2 is 2.06 bits per heavy atom. The van der Waals surface area contributed by atoms with Gasteiger partial charge in [-0.2, -0.15) is 0 Å². The Morgan fingerprint density at radius 3 is 2.56 bits per heavy atom. The van der Waals surface area contributed by atoms with Crippen LogP contribution in [0.15, 0.2) is 28.7 Å². The summed E-state index contributed by atoms with van der Waals surface area (Å²) in [5.41, 5.74) is 1.72. The SMILES string of the molecule is CC1(C)C[Si][Si](C)(C)N1c1cccc(Br)c1. The van der Waals surface area contributed by atoms with Crippen molar-refractivity contribution in [3.05, 3.63) is 28.7 Å². The van der Waals surface area contributed by atoms with Crippen molar-refractivity contribution in [2.24, 2.45) is 0 Å². The third kappa shape index (κ3) is 2.15. The average Bonchev–Trinajstić information content (AvgIpc) is 2.35. The van der Waals surface area contributed by atoms with Crippen molar-refractivity contribution in [3.63, 3.8) is 0 Å². The molecule has 0 amide bonds. The van der Waals surface area contributed by atoms with Crippen molar-refractivity contribution in [1.29, 1.82) is 0 Å². The summed E-state index contributed by atoms with van der Waals surface area (Å²) in [4.78, 5) is 0. The first-order chi connectivity index (χ1) is 7.33. The van der Waals surface area contributed by atoms with Gasteiger partial charge in [0.15, 0.2) is 0 Å². The van der Waals surface area contributed by atoms with E-state index in [1.54, 1.807) is 0 Å². The van der Waals surface area contributed by atoms with Gasteiger partial charge in [0.2, 0.25) is 0 Å². The van der Waals surface area contributed by atoms with Gasteiger partial charge in [-0.05, 0) is 38.1 Å². The normalized spacial score (nSPS) is 22.4. The molecule has 1 aliphatic heterocycles. The number of anilines is 1. The van der Waals surface area contributed by atoms with Crippen molar-refractivity contribution < 1.29 is 0 Å². The molecule has 1 heterocycles. The predicted octanol–water partition coefficient (Wildman–Crippen LogP) is 3.87. The number of nitrogens with zero attached hydrogens (tertiary/aromatic N) is 1. The predicted molar refractivity (Wildman–Crippen MR) is 78.7 cm³/mol. The van der Waals surface area contributed by atoms with E-state index < -0.39 is 7.75 Å². The molecule has 1 saturated heterocycles. The molecule has 1 nitrogen and oxygen atoms in total. The van der Waals surface area contributed by atoms with Crippen molar-refractivity contribution in [3.8, 4) is 0 Å².